The highest BCUT2D eigenvalue weighted by Gasteiger charge is 2.17. The summed E-state index contributed by atoms with van der Waals surface area (Å²) >= 11 is 0. The molecule has 0 bridgehead atoms. The second-order valence-corrected chi connectivity index (χ2v) is 4.52. The lowest BCUT2D eigenvalue weighted by Crippen LogP contribution is -2.12. The zero-order chi connectivity index (χ0) is 12.3. The Morgan fingerprint density at radius 1 is 1.24 bits per heavy atom. The van der Waals surface area contributed by atoms with Gasteiger partial charge in [-0.1, -0.05) is 37.3 Å². The second kappa shape index (κ2) is 5.15. The van der Waals surface area contributed by atoms with Crippen molar-refractivity contribution in [3.63, 3.8) is 0 Å². The molecule has 3 heteroatoms. The van der Waals surface area contributed by atoms with Crippen LogP contribution in [0.25, 0.3) is 0 Å². The van der Waals surface area contributed by atoms with Gasteiger partial charge in [0.2, 0.25) is 0 Å². The van der Waals surface area contributed by atoms with Crippen molar-refractivity contribution < 1.29 is 5.11 Å². The predicted octanol–water partition coefficient (Wildman–Crippen LogP) is 2.33. The van der Waals surface area contributed by atoms with Crippen molar-refractivity contribution in [2.24, 2.45) is 13.0 Å². The van der Waals surface area contributed by atoms with Crippen LogP contribution < -0.4 is 0 Å². The first-order valence-corrected chi connectivity index (χ1v) is 5.88. The van der Waals surface area contributed by atoms with Gasteiger partial charge < -0.3 is 5.11 Å². The van der Waals surface area contributed by atoms with Gasteiger partial charge in [0.15, 0.2) is 0 Å². The van der Waals surface area contributed by atoms with Gasteiger partial charge in [0, 0.05) is 13.2 Å². The van der Waals surface area contributed by atoms with Crippen LogP contribution in [-0.2, 0) is 13.5 Å². The van der Waals surface area contributed by atoms with Crippen LogP contribution in [0.3, 0.4) is 0 Å². The lowest BCUT2D eigenvalue weighted by atomic mass is 9.93. The zero-order valence-corrected chi connectivity index (χ0v) is 10.2. The molecule has 0 amide bonds. The van der Waals surface area contributed by atoms with Gasteiger partial charge in [-0.25, -0.2) is 0 Å². The fourth-order valence-electron chi connectivity index (χ4n) is 1.99. The van der Waals surface area contributed by atoms with Crippen molar-refractivity contribution in [1.29, 1.82) is 0 Å². The smallest absolute Gasteiger partial charge is 0.0819 e. The summed E-state index contributed by atoms with van der Waals surface area (Å²) in [4.78, 5) is 0. The number of aryl methyl sites for hydroxylation is 1. The molecule has 2 unspecified atom stereocenters. The normalized spacial score (nSPS) is 14.5. The molecule has 1 heterocycles. The van der Waals surface area contributed by atoms with Crippen LogP contribution in [0, 0.1) is 5.92 Å². The Labute approximate surface area is 102 Å². The highest BCUT2D eigenvalue weighted by Crippen LogP contribution is 2.24. The van der Waals surface area contributed by atoms with E-state index in [2.05, 4.69) is 5.10 Å². The van der Waals surface area contributed by atoms with Gasteiger partial charge in [0.05, 0.1) is 11.8 Å². The summed E-state index contributed by atoms with van der Waals surface area (Å²) in [6.45, 7) is 2.05. The van der Waals surface area contributed by atoms with E-state index in [9.17, 15) is 5.11 Å². The largest absolute Gasteiger partial charge is 0.388 e. The number of aliphatic hydroxyl groups excluding tert-OH is 1. The van der Waals surface area contributed by atoms with Gasteiger partial charge in [-0.3, -0.25) is 4.68 Å². The molecule has 2 rings (SSSR count). The Morgan fingerprint density at radius 3 is 2.53 bits per heavy atom. The first-order valence-electron chi connectivity index (χ1n) is 5.88. The van der Waals surface area contributed by atoms with E-state index >= 15 is 0 Å². The number of benzene rings is 1. The molecule has 0 fully saturated rings. The number of aliphatic hydroxyl groups is 1. The molecule has 0 saturated heterocycles. The van der Waals surface area contributed by atoms with E-state index in [1.54, 1.807) is 4.68 Å². The summed E-state index contributed by atoms with van der Waals surface area (Å²) < 4.78 is 1.79. The number of hydrogen-bond acceptors (Lipinski definition) is 2. The topological polar surface area (TPSA) is 38.0 Å². The van der Waals surface area contributed by atoms with E-state index in [0.29, 0.717) is 0 Å². The Kier molecular flexibility index (Phi) is 3.59. The lowest BCUT2D eigenvalue weighted by molar-refractivity contribution is 0.117. The van der Waals surface area contributed by atoms with E-state index in [0.717, 1.165) is 17.7 Å². The Hall–Kier alpha value is -1.61. The Bertz CT molecular complexity index is 464. The van der Waals surface area contributed by atoms with Gasteiger partial charge in [-0.15, -0.1) is 0 Å². The molecule has 0 radical (unpaired) electrons. The van der Waals surface area contributed by atoms with Crippen LogP contribution in [0.15, 0.2) is 42.6 Å². The summed E-state index contributed by atoms with van der Waals surface area (Å²) in [5, 5.41) is 14.6. The third kappa shape index (κ3) is 2.94. The minimum absolute atomic E-state index is 0.160. The van der Waals surface area contributed by atoms with Crippen LogP contribution in [0.4, 0.5) is 0 Å². The predicted molar refractivity (Wildman–Crippen MR) is 67.5 cm³/mol. The minimum atomic E-state index is -0.432. The minimum Gasteiger partial charge on any atom is -0.388 e. The van der Waals surface area contributed by atoms with Crippen LogP contribution in [-0.4, -0.2) is 14.9 Å². The number of rotatable bonds is 4. The van der Waals surface area contributed by atoms with Crippen molar-refractivity contribution >= 4 is 0 Å². The molecule has 90 valence electrons. The van der Waals surface area contributed by atoms with E-state index in [1.807, 2.05) is 56.6 Å². The number of nitrogens with zero attached hydrogens (tertiary/aromatic N) is 2. The van der Waals surface area contributed by atoms with Crippen molar-refractivity contribution in [3.05, 3.63) is 53.9 Å². The average molecular weight is 230 g/mol. The molecule has 1 aromatic heterocycles. The Morgan fingerprint density at radius 2 is 1.94 bits per heavy atom. The molecule has 17 heavy (non-hydrogen) atoms. The molecule has 0 aliphatic heterocycles. The summed E-state index contributed by atoms with van der Waals surface area (Å²) in [6.07, 6.45) is 2.28. The van der Waals surface area contributed by atoms with E-state index in [4.69, 9.17) is 0 Å². The fraction of sp³-hybridized carbons (Fsp3) is 0.357. The van der Waals surface area contributed by atoms with Crippen LogP contribution in [0.2, 0.25) is 0 Å². The molecule has 0 spiro atoms. The van der Waals surface area contributed by atoms with Gasteiger partial charge >= 0.3 is 0 Å². The summed E-state index contributed by atoms with van der Waals surface area (Å²) in [5.41, 5.74) is 1.99. The first-order chi connectivity index (χ1) is 8.16. The molecule has 0 saturated carbocycles. The maximum atomic E-state index is 10.2. The number of aromatic nitrogens is 2. The van der Waals surface area contributed by atoms with E-state index in [1.165, 1.54) is 0 Å². The Balaban J connectivity index is 2.03. The van der Waals surface area contributed by atoms with E-state index in [-0.39, 0.29) is 5.92 Å². The van der Waals surface area contributed by atoms with Crippen LogP contribution in [0.5, 0.6) is 0 Å². The quantitative estimate of drug-likeness (QED) is 0.875. The highest BCUT2D eigenvalue weighted by atomic mass is 16.3. The van der Waals surface area contributed by atoms with Crippen molar-refractivity contribution in [2.75, 3.05) is 0 Å². The standard InChI is InChI=1S/C14H18N2O/c1-11(10-13-8-9-16(2)15-13)14(17)12-6-4-3-5-7-12/h3-9,11,14,17H,10H2,1-2H3. The van der Waals surface area contributed by atoms with Crippen molar-refractivity contribution in [1.82, 2.24) is 9.78 Å². The van der Waals surface area contributed by atoms with Gasteiger partial charge in [-0.05, 0) is 24.0 Å². The molecule has 1 N–H and O–H groups in total. The highest BCUT2D eigenvalue weighted by molar-refractivity contribution is 5.18. The van der Waals surface area contributed by atoms with Gasteiger partial charge in [-0.2, -0.15) is 5.10 Å². The monoisotopic (exact) mass is 230 g/mol. The maximum Gasteiger partial charge on any atom is 0.0819 e. The zero-order valence-electron chi connectivity index (χ0n) is 10.2. The van der Waals surface area contributed by atoms with Crippen molar-refractivity contribution in [2.45, 2.75) is 19.4 Å². The van der Waals surface area contributed by atoms with Crippen LogP contribution >= 0.6 is 0 Å². The molecule has 3 nitrogen and oxygen atoms in total. The molecule has 2 atom stereocenters. The lowest BCUT2D eigenvalue weighted by Gasteiger charge is -2.18. The third-order valence-electron chi connectivity index (χ3n) is 2.98. The molecule has 2 aromatic rings. The van der Waals surface area contributed by atoms with Crippen LogP contribution in [0.1, 0.15) is 24.3 Å². The fourth-order valence-corrected chi connectivity index (χ4v) is 1.99. The summed E-state index contributed by atoms with van der Waals surface area (Å²) in [6, 6.07) is 11.8. The summed E-state index contributed by atoms with van der Waals surface area (Å²) in [7, 11) is 1.90. The third-order valence-corrected chi connectivity index (χ3v) is 2.98. The SMILES string of the molecule is CC(Cc1ccn(C)n1)C(O)c1ccccc1. The molecular formula is C14H18N2O. The average Bonchev–Trinajstić information content (AvgIpc) is 2.75. The molecule has 0 aliphatic carbocycles. The number of hydrogen-bond donors (Lipinski definition) is 1. The second-order valence-electron chi connectivity index (χ2n) is 4.52. The summed E-state index contributed by atoms with van der Waals surface area (Å²) in [5.74, 6) is 0.160. The van der Waals surface area contributed by atoms with Gasteiger partial charge in [0.1, 0.15) is 0 Å². The molecule has 1 aromatic carbocycles. The maximum absolute atomic E-state index is 10.2. The van der Waals surface area contributed by atoms with Crippen molar-refractivity contribution in [3.8, 4) is 0 Å². The first kappa shape index (κ1) is 11.9. The molecule has 0 aliphatic rings. The van der Waals surface area contributed by atoms with E-state index < -0.39 is 6.10 Å². The van der Waals surface area contributed by atoms with Gasteiger partial charge in [0.25, 0.3) is 0 Å². The molecular weight excluding hydrogens is 212 g/mol.